The molecule has 4 heteroatoms. The van der Waals surface area contributed by atoms with E-state index in [0.717, 1.165) is 44.0 Å². The molecule has 20 heavy (non-hydrogen) atoms. The minimum absolute atomic E-state index is 0.0849. The number of hydrogen-bond donors (Lipinski definition) is 0. The average Bonchev–Trinajstić information content (AvgIpc) is 2.48. The van der Waals surface area contributed by atoms with Crippen LogP contribution in [-0.4, -0.2) is 55.0 Å². The Kier molecular flexibility index (Phi) is 5.01. The lowest BCUT2D eigenvalue weighted by Crippen LogP contribution is -2.49. The first-order valence-corrected chi connectivity index (χ1v) is 7.31. The Hall–Kier alpha value is -1.55. The number of amides is 1. The molecule has 1 fully saturated rings. The molecule has 110 valence electrons. The number of likely N-dealkylation sites (N-methyl/N-ethyl adjacent to an activating group) is 1. The fourth-order valence-electron chi connectivity index (χ4n) is 2.42. The summed E-state index contributed by atoms with van der Waals surface area (Å²) in [5, 5.41) is 0. The van der Waals surface area contributed by atoms with E-state index in [-0.39, 0.29) is 12.5 Å². The van der Waals surface area contributed by atoms with Crippen molar-refractivity contribution in [3.8, 4) is 5.75 Å². The first kappa shape index (κ1) is 14.9. The second-order valence-corrected chi connectivity index (χ2v) is 5.30. The molecule has 1 amide bonds. The van der Waals surface area contributed by atoms with E-state index in [2.05, 4.69) is 11.8 Å². The van der Waals surface area contributed by atoms with E-state index in [1.165, 1.54) is 5.56 Å². The molecule has 0 atom stereocenters. The van der Waals surface area contributed by atoms with Crippen molar-refractivity contribution in [1.29, 1.82) is 0 Å². The summed E-state index contributed by atoms with van der Waals surface area (Å²) in [5.41, 5.74) is 2.29. The van der Waals surface area contributed by atoms with Gasteiger partial charge in [0.2, 0.25) is 0 Å². The number of carbonyl (C=O) groups excluding carboxylic acids is 1. The Morgan fingerprint density at radius 3 is 2.55 bits per heavy atom. The van der Waals surface area contributed by atoms with Crippen molar-refractivity contribution in [3.05, 3.63) is 29.3 Å². The van der Waals surface area contributed by atoms with Crippen LogP contribution in [0.2, 0.25) is 0 Å². The van der Waals surface area contributed by atoms with Crippen LogP contribution < -0.4 is 4.74 Å². The molecular formula is C16H24N2O2. The SMILES string of the molecule is CCN1CCN(C(=O)COc2cccc(C)c2C)CC1. The molecule has 0 aromatic heterocycles. The van der Waals surface area contributed by atoms with E-state index in [4.69, 9.17) is 4.74 Å². The normalized spacial score (nSPS) is 16.2. The largest absolute Gasteiger partial charge is 0.483 e. The van der Waals surface area contributed by atoms with Gasteiger partial charge in [0.25, 0.3) is 5.91 Å². The van der Waals surface area contributed by atoms with Crippen LogP contribution >= 0.6 is 0 Å². The van der Waals surface area contributed by atoms with Gasteiger partial charge in [-0.1, -0.05) is 19.1 Å². The molecule has 0 bridgehead atoms. The van der Waals surface area contributed by atoms with Gasteiger partial charge in [0.15, 0.2) is 6.61 Å². The number of rotatable bonds is 4. The van der Waals surface area contributed by atoms with Crippen molar-refractivity contribution in [2.45, 2.75) is 20.8 Å². The standard InChI is InChI=1S/C16H24N2O2/c1-4-17-8-10-18(11-9-17)16(19)12-20-15-7-5-6-13(2)14(15)3/h5-7H,4,8-12H2,1-3H3. The number of aryl methyl sites for hydroxylation is 1. The van der Waals surface area contributed by atoms with Crippen molar-refractivity contribution < 1.29 is 9.53 Å². The second kappa shape index (κ2) is 6.75. The van der Waals surface area contributed by atoms with Gasteiger partial charge in [-0.3, -0.25) is 4.79 Å². The summed E-state index contributed by atoms with van der Waals surface area (Å²) in [6.07, 6.45) is 0. The highest BCUT2D eigenvalue weighted by atomic mass is 16.5. The molecule has 0 radical (unpaired) electrons. The Bertz CT molecular complexity index is 466. The molecular weight excluding hydrogens is 252 g/mol. The van der Waals surface area contributed by atoms with Crippen molar-refractivity contribution in [2.75, 3.05) is 39.3 Å². The molecule has 1 heterocycles. The van der Waals surface area contributed by atoms with Crippen LogP contribution in [0.15, 0.2) is 18.2 Å². The molecule has 1 aliphatic rings. The summed E-state index contributed by atoms with van der Waals surface area (Å²) in [7, 11) is 0. The predicted octanol–water partition coefficient (Wildman–Crippen LogP) is 1.85. The van der Waals surface area contributed by atoms with Crippen LogP contribution in [0.4, 0.5) is 0 Å². The minimum Gasteiger partial charge on any atom is -0.483 e. The van der Waals surface area contributed by atoms with E-state index in [0.29, 0.717) is 0 Å². The van der Waals surface area contributed by atoms with E-state index in [9.17, 15) is 4.79 Å². The van der Waals surface area contributed by atoms with Crippen LogP contribution in [0, 0.1) is 13.8 Å². The molecule has 0 spiro atoms. The monoisotopic (exact) mass is 276 g/mol. The number of hydrogen-bond acceptors (Lipinski definition) is 3. The number of benzene rings is 1. The lowest BCUT2D eigenvalue weighted by atomic mass is 10.1. The maximum absolute atomic E-state index is 12.1. The Labute approximate surface area is 121 Å². The summed E-state index contributed by atoms with van der Waals surface area (Å²) < 4.78 is 5.68. The van der Waals surface area contributed by atoms with Gasteiger partial charge in [0, 0.05) is 26.2 Å². The summed E-state index contributed by atoms with van der Waals surface area (Å²) >= 11 is 0. The van der Waals surface area contributed by atoms with Gasteiger partial charge in [0.05, 0.1) is 0 Å². The second-order valence-electron chi connectivity index (χ2n) is 5.30. The summed E-state index contributed by atoms with van der Waals surface area (Å²) in [4.78, 5) is 16.4. The molecule has 1 saturated heterocycles. The van der Waals surface area contributed by atoms with Gasteiger partial charge in [-0.05, 0) is 37.6 Å². The smallest absolute Gasteiger partial charge is 0.260 e. The molecule has 4 nitrogen and oxygen atoms in total. The number of ether oxygens (including phenoxy) is 1. The van der Waals surface area contributed by atoms with Crippen LogP contribution in [0.1, 0.15) is 18.1 Å². The molecule has 0 N–H and O–H groups in total. The molecule has 0 aliphatic carbocycles. The highest BCUT2D eigenvalue weighted by Crippen LogP contribution is 2.20. The van der Waals surface area contributed by atoms with Crippen LogP contribution in [0.25, 0.3) is 0 Å². The first-order chi connectivity index (χ1) is 9.61. The zero-order chi connectivity index (χ0) is 14.5. The van der Waals surface area contributed by atoms with Gasteiger partial charge >= 0.3 is 0 Å². The summed E-state index contributed by atoms with van der Waals surface area (Å²) in [6.45, 7) is 11.0. The molecule has 1 aromatic carbocycles. The highest BCUT2D eigenvalue weighted by molar-refractivity contribution is 5.78. The summed E-state index contributed by atoms with van der Waals surface area (Å²) in [6, 6.07) is 5.93. The third kappa shape index (κ3) is 3.51. The zero-order valence-corrected chi connectivity index (χ0v) is 12.7. The fourth-order valence-corrected chi connectivity index (χ4v) is 2.42. The first-order valence-electron chi connectivity index (χ1n) is 7.31. The average molecular weight is 276 g/mol. The van der Waals surface area contributed by atoms with Crippen LogP contribution in [0.5, 0.6) is 5.75 Å². The maximum Gasteiger partial charge on any atom is 0.260 e. The van der Waals surface area contributed by atoms with Crippen LogP contribution in [-0.2, 0) is 4.79 Å². The molecule has 1 aromatic rings. The number of carbonyl (C=O) groups is 1. The third-order valence-corrected chi connectivity index (χ3v) is 4.08. The van der Waals surface area contributed by atoms with Gasteiger partial charge in [-0.15, -0.1) is 0 Å². The lowest BCUT2D eigenvalue weighted by molar-refractivity contribution is -0.135. The molecule has 0 saturated carbocycles. The fraction of sp³-hybridized carbons (Fsp3) is 0.562. The molecule has 1 aliphatic heterocycles. The Morgan fingerprint density at radius 2 is 1.90 bits per heavy atom. The van der Waals surface area contributed by atoms with E-state index >= 15 is 0 Å². The lowest BCUT2D eigenvalue weighted by Gasteiger charge is -2.34. The molecule has 2 rings (SSSR count). The predicted molar refractivity (Wildman–Crippen MR) is 80.1 cm³/mol. The van der Waals surface area contributed by atoms with Crippen molar-refractivity contribution in [2.24, 2.45) is 0 Å². The van der Waals surface area contributed by atoms with E-state index in [1.807, 2.05) is 36.9 Å². The van der Waals surface area contributed by atoms with Gasteiger partial charge in [0.1, 0.15) is 5.75 Å². The minimum atomic E-state index is 0.0849. The van der Waals surface area contributed by atoms with Gasteiger partial charge < -0.3 is 14.5 Å². The van der Waals surface area contributed by atoms with E-state index in [1.54, 1.807) is 0 Å². The van der Waals surface area contributed by atoms with Gasteiger partial charge in [-0.25, -0.2) is 0 Å². The maximum atomic E-state index is 12.1. The third-order valence-electron chi connectivity index (χ3n) is 4.08. The topological polar surface area (TPSA) is 32.8 Å². The zero-order valence-electron chi connectivity index (χ0n) is 12.7. The van der Waals surface area contributed by atoms with Crippen molar-refractivity contribution in [1.82, 2.24) is 9.80 Å². The molecule has 0 unspecified atom stereocenters. The Balaban J connectivity index is 1.85. The van der Waals surface area contributed by atoms with E-state index < -0.39 is 0 Å². The number of nitrogens with zero attached hydrogens (tertiary/aromatic N) is 2. The van der Waals surface area contributed by atoms with Crippen molar-refractivity contribution >= 4 is 5.91 Å². The number of piperazine rings is 1. The van der Waals surface area contributed by atoms with Crippen LogP contribution in [0.3, 0.4) is 0 Å². The quantitative estimate of drug-likeness (QED) is 0.841. The van der Waals surface area contributed by atoms with Gasteiger partial charge in [-0.2, -0.15) is 0 Å². The highest BCUT2D eigenvalue weighted by Gasteiger charge is 2.20. The summed E-state index contributed by atoms with van der Waals surface area (Å²) in [5.74, 6) is 0.896. The Morgan fingerprint density at radius 1 is 1.20 bits per heavy atom. The van der Waals surface area contributed by atoms with Crippen molar-refractivity contribution in [3.63, 3.8) is 0 Å².